The summed E-state index contributed by atoms with van der Waals surface area (Å²) in [7, 11) is 0. The van der Waals surface area contributed by atoms with Gasteiger partial charge in [0.15, 0.2) is 11.6 Å². The Morgan fingerprint density at radius 1 is 1.44 bits per heavy atom. The Hall–Kier alpha value is -2.05. The molecule has 4 nitrogen and oxygen atoms in total. The van der Waals surface area contributed by atoms with Crippen molar-refractivity contribution in [1.82, 2.24) is 10.3 Å². The van der Waals surface area contributed by atoms with Crippen molar-refractivity contribution >= 4 is 18.0 Å². The van der Waals surface area contributed by atoms with Crippen molar-refractivity contribution in [1.29, 1.82) is 0 Å². The number of aliphatic hydroxyl groups is 1. The number of halogens is 3. The number of fused-ring (bicyclic) bond motifs is 1. The molecular weight excluding hydrogens is 374 g/mol. The predicted octanol–water partition coefficient (Wildman–Crippen LogP) is 3.53. The molecule has 2 aliphatic rings. The number of aliphatic hydroxyl groups excluding tert-OH is 1. The zero-order chi connectivity index (χ0) is 19.3. The van der Waals surface area contributed by atoms with Gasteiger partial charge >= 0.3 is 0 Å². The molecule has 2 aliphatic carbocycles. The van der Waals surface area contributed by atoms with Crippen molar-refractivity contribution in [2.75, 3.05) is 13.2 Å². The fourth-order valence-electron chi connectivity index (χ4n) is 3.87. The molecule has 4 rings (SSSR count). The Labute approximate surface area is 160 Å². The van der Waals surface area contributed by atoms with Crippen LogP contribution >= 0.6 is 11.6 Å². The molecule has 0 aliphatic heterocycles. The number of pyridine rings is 1. The van der Waals surface area contributed by atoms with Gasteiger partial charge in [0.25, 0.3) is 0 Å². The summed E-state index contributed by atoms with van der Waals surface area (Å²) in [5.41, 5.74) is 2.73. The van der Waals surface area contributed by atoms with Crippen LogP contribution in [0.5, 0.6) is 0 Å². The summed E-state index contributed by atoms with van der Waals surface area (Å²) in [6.45, 7) is 2.24. The van der Waals surface area contributed by atoms with E-state index in [0.717, 1.165) is 35.7 Å². The summed E-state index contributed by atoms with van der Waals surface area (Å²) in [6, 6.07) is 4.40. The zero-order valence-electron chi connectivity index (χ0n) is 14.7. The minimum absolute atomic E-state index is 0.0341. The molecule has 0 spiro atoms. The molecule has 0 bridgehead atoms. The fourth-order valence-corrected chi connectivity index (χ4v) is 4.11. The topological polar surface area (TPSA) is 62.2 Å². The standard InChI is InChI=1S/C20H19ClF2N2O2/c1-20(8-26)13-6-15(12(7-24-9-27)10-2-3-10)25-19(16(13)20)11-4-5-14(22)18(23)17(11)21/h4-6,9-10,12,26H,2-3,7-8H2,1H3,(H,24,27). The van der Waals surface area contributed by atoms with E-state index in [1.807, 2.05) is 13.0 Å². The number of nitrogens with zero attached hydrogens (tertiary/aromatic N) is 1. The average Bonchev–Trinajstić information content (AvgIpc) is 3.58. The first-order valence-electron chi connectivity index (χ1n) is 8.90. The van der Waals surface area contributed by atoms with Crippen molar-refractivity contribution in [2.24, 2.45) is 5.92 Å². The molecule has 1 heterocycles. The van der Waals surface area contributed by atoms with E-state index in [1.165, 1.54) is 6.07 Å². The summed E-state index contributed by atoms with van der Waals surface area (Å²) in [4.78, 5) is 15.5. The lowest BCUT2D eigenvalue weighted by Gasteiger charge is -2.16. The number of hydrogen-bond donors (Lipinski definition) is 2. The quantitative estimate of drug-likeness (QED) is 0.559. The molecule has 2 N–H and O–H groups in total. The van der Waals surface area contributed by atoms with Gasteiger partial charge in [-0.15, -0.1) is 0 Å². The Morgan fingerprint density at radius 3 is 2.81 bits per heavy atom. The third-order valence-electron chi connectivity index (χ3n) is 5.72. The van der Waals surface area contributed by atoms with Crippen molar-refractivity contribution in [3.05, 3.63) is 51.7 Å². The highest BCUT2D eigenvalue weighted by Crippen LogP contribution is 2.56. The van der Waals surface area contributed by atoms with Crippen LogP contribution < -0.4 is 5.32 Å². The van der Waals surface area contributed by atoms with Gasteiger partial charge in [-0.05, 0) is 55.0 Å². The van der Waals surface area contributed by atoms with E-state index in [2.05, 4.69) is 5.32 Å². The van der Waals surface area contributed by atoms with Crippen LogP contribution in [0.1, 0.15) is 42.5 Å². The number of carbonyl (C=O) groups excluding carboxylic acids is 1. The van der Waals surface area contributed by atoms with Crippen LogP contribution in [0.4, 0.5) is 8.78 Å². The van der Waals surface area contributed by atoms with Crippen LogP contribution in [0.3, 0.4) is 0 Å². The van der Waals surface area contributed by atoms with E-state index in [1.54, 1.807) is 0 Å². The van der Waals surface area contributed by atoms with Gasteiger partial charge in [0, 0.05) is 29.1 Å². The lowest BCUT2D eigenvalue weighted by molar-refractivity contribution is -0.109. The molecule has 2 aromatic rings. The third-order valence-corrected chi connectivity index (χ3v) is 6.09. The molecule has 2 atom stereocenters. The molecule has 0 radical (unpaired) electrons. The first-order valence-corrected chi connectivity index (χ1v) is 9.27. The minimum atomic E-state index is -1.11. The first-order chi connectivity index (χ1) is 12.9. The van der Waals surface area contributed by atoms with Gasteiger partial charge in [-0.25, -0.2) is 8.78 Å². The number of hydrogen-bond acceptors (Lipinski definition) is 3. The maximum absolute atomic E-state index is 14.0. The molecule has 142 valence electrons. The monoisotopic (exact) mass is 392 g/mol. The molecule has 7 heteroatoms. The Morgan fingerprint density at radius 2 is 2.19 bits per heavy atom. The lowest BCUT2D eigenvalue weighted by Crippen LogP contribution is -2.22. The van der Waals surface area contributed by atoms with Crippen LogP contribution in [0, 0.1) is 17.6 Å². The van der Waals surface area contributed by atoms with Crippen LogP contribution in [-0.4, -0.2) is 29.7 Å². The van der Waals surface area contributed by atoms with Gasteiger partial charge in [0.2, 0.25) is 6.41 Å². The van der Waals surface area contributed by atoms with E-state index in [4.69, 9.17) is 16.6 Å². The molecule has 2 unspecified atom stereocenters. The maximum Gasteiger partial charge on any atom is 0.207 e. The van der Waals surface area contributed by atoms with Gasteiger partial charge in [0.1, 0.15) is 0 Å². The van der Waals surface area contributed by atoms with Crippen LogP contribution in [0.25, 0.3) is 11.3 Å². The minimum Gasteiger partial charge on any atom is -0.395 e. The van der Waals surface area contributed by atoms with Crippen LogP contribution in [0.15, 0.2) is 18.2 Å². The zero-order valence-corrected chi connectivity index (χ0v) is 15.5. The van der Waals surface area contributed by atoms with Crippen molar-refractivity contribution in [3.63, 3.8) is 0 Å². The molecule has 27 heavy (non-hydrogen) atoms. The van der Waals surface area contributed by atoms with Gasteiger partial charge in [-0.2, -0.15) is 0 Å². The van der Waals surface area contributed by atoms with Gasteiger partial charge in [0.05, 0.1) is 17.3 Å². The Balaban J connectivity index is 1.85. The van der Waals surface area contributed by atoms with Crippen LogP contribution in [0.2, 0.25) is 5.02 Å². The number of benzene rings is 1. The second-order valence-corrected chi connectivity index (χ2v) is 7.88. The molecule has 1 aromatic heterocycles. The lowest BCUT2D eigenvalue weighted by atomic mass is 9.98. The van der Waals surface area contributed by atoms with Gasteiger partial charge in [-0.1, -0.05) is 11.6 Å². The van der Waals surface area contributed by atoms with Gasteiger partial charge in [-0.3, -0.25) is 9.78 Å². The number of carbonyl (C=O) groups is 1. The highest BCUT2D eigenvalue weighted by molar-refractivity contribution is 6.33. The van der Waals surface area contributed by atoms with E-state index >= 15 is 0 Å². The van der Waals surface area contributed by atoms with Crippen molar-refractivity contribution < 1.29 is 18.7 Å². The van der Waals surface area contributed by atoms with E-state index in [-0.39, 0.29) is 17.5 Å². The summed E-state index contributed by atoms with van der Waals surface area (Å²) in [5.74, 6) is -1.66. The highest BCUT2D eigenvalue weighted by atomic mass is 35.5. The average molecular weight is 393 g/mol. The smallest absolute Gasteiger partial charge is 0.207 e. The Bertz CT molecular complexity index is 933. The van der Waals surface area contributed by atoms with E-state index in [9.17, 15) is 18.7 Å². The summed E-state index contributed by atoms with van der Waals surface area (Å²) < 4.78 is 27.5. The summed E-state index contributed by atoms with van der Waals surface area (Å²) in [5, 5.41) is 12.3. The number of aromatic nitrogens is 1. The van der Waals surface area contributed by atoms with E-state index in [0.29, 0.717) is 30.1 Å². The summed E-state index contributed by atoms with van der Waals surface area (Å²) in [6.07, 6.45) is 2.78. The van der Waals surface area contributed by atoms with Gasteiger partial charge < -0.3 is 10.4 Å². The predicted molar refractivity (Wildman–Crippen MR) is 97.7 cm³/mol. The fraction of sp³-hybridized carbons (Fsp3) is 0.400. The van der Waals surface area contributed by atoms with Crippen molar-refractivity contribution in [3.8, 4) is 11.3 Å². The molecule has 1 fully saturated rings. The van der Waals surface area contributed by atoms with Crippen LogP contribution in [-0.2, 0) is 10.2 Å². The number of nitrogens with one attached hydrogen (secondary N) is 1. The Kier molecular flexibility index (Phi) is 4.43. The third kappa shape index (κ3) is 2.91. The first kappa shape index (κ1) is 18.3. The molecule has 0 saturated heterocycles. The highest BCUT2D eigenvalue weighted by Gasteiger charge is 2.50. The summed E-state index contributed by atoms with van der Waals surface area (Å²) >= 11 is 6.08. The van der Waals surface area contributed by atoms with E-state index < -0.39 is 17.0 Å². The molecule has 1 aromatic carbocycles. The molecule has 1 amide bonds. The number of amides is 1. The molecule has 1 saturated carbocycles. The van der Waals surface area contributed by atoms with Crippen molar-refractivity contribution in [2.45, 2.75) is 31.1 Å². The second-order valence-electron chi connectivity index (χ2n) is 7.50. The normalized spacial score (nSPS) is 21.5. The molecular formula is C20H19ClF2N2O2. The maximum atomic E-state index is 14.0. The second kappa shape index (κ2) is 6.53. The largest absolute Gasteiger partial charge is 0.395 e. The SMILES string of the molecule is CC1(CO)c2cc(C(CNC=O)C3CC3)nc(-c3ccc(F)c(F)c3Cl)c21. The number of rotatable bonds is 7.